The van der Waals surface area contributed by atoms with Crippen LogP contribution < -0.4 is 4.74 Å². The first-order chi connectivity index (χ1) is 5.97. The van der Waals surface area contributed by atoms with Gasteiger partial charge in [0, 0.05) is 6.92 Å². The van der Waals surface area contributed by atoms with Gasteiger partial charge in [0.15, 0.2) is 6.61 Å². The van der Waals surface area contributed by atoms with Gasteiger partial charge in [0.25, 0.3) is 5.92 Å². The first-order valence-corrected chi connectivity index (χ1v) is 4.39. The van der Waals surface area contributed by atoms with Crippen LogP contribution in [-0.2, 0) is 0 Å². The van der Waals surface area contributed by atoms with Crippen molar-refractivity contribution in [3.05, 3.63) is 22.9 Å². The first kappa shape index (κ1) is 10.4. The predicted molar refractivity (Wildman–Crippen MR) is 48.1 cm³/mol. The lowest BCUT2D eigenvalue weighted by atomic mass is 10.4. The monoisotopic (exact) mass is 251 g/mol. The van der Waals surface area contributed by atoms with Crippen LogP contribution in [0.2, 0.25) is 0 Å². The molecule has 0 amide bonds. The van der Waals surface area contributed by atoms with Crippen LogP contribution in [0.15, 0.2) is 22.9 Å². The van der Waals surface area contributed by atoms with Gasteiger partial charge >= 0.3 is 0 Å². The largest absolute Gasteiger partial charge is 0.486 e. The molecule has 0 unspecified atom stereocenters. The summed E-state index contributed by atoms with van der Waals surface area (Å²) in [5.41, 5.74) is 0. The summed E-state index contributed by atoms with van der Waals surface area (Å²) in [6.07, 6.45) is 1.38. The molecule has 0 spiro atoms. The zero-order valence-electron chi connectivity index (χ0n) is 6.93. The van der Waals surface area contributed by atoms with Crippen molar-refractivity contribution in [2.75, 3.05) is 6.61 Å². The molecular formula is C8H8BrF2NO. The molecule has 0 fully saturated rings. The van der Waals surface area contributed by atoms with Crippen LogP contribution in [0.1, 0.15) is 6.92 Å². The quantitative estimate of drug-likeness (QED) is 0.771. The predicted octanol–water partition coefficient (Wildman–Crippen LogP) is 2.88. The van der Waals surface area contributed by atoms with Gasteiger partial charge in [-0.3, -0.25) is 0 Å². The van der Waals surface area contributed by atoms with Gasteiger partial charge < -0.3 is 4.74 Å². The molecule has 0 aliphatic rings. The smallest absolute Gasteiger partial charge is 0.278 e. The molecule has 0 saturated heterocycles. The Morgan fingerprint density at radius 1 is 1.54 bits per heavy atom. The third-order valence-corrected chi connectivity index (χ3v) is 1.66. The summed E-state index contributed by atoms with van der Waals surface area (Å²) in [4.78, 5) is 3.83. The Hall–Kier alpha value is -0.710. The molecule has 1 rings (SSSR count). The lowest BCUT2D eigenvalue weighted by molar-refractivity contribution is -0.0230. The number of hydrogen-bond donors (Lipinski definition) is 0. The highest BCUT2D eigenvalue weighted by molar-refractivity contribution is 9.10. The normalized spacial score (nSPS) is 11.4. The number of rotatable bonds is 3. The number of aromatic nitrogens is 1. The Balaban J connectivity index is 2.51. The number of halogens is 3. The molecule has 0 radical (unpaired) electrons. The fraction of sp³-hybridized carbons (Fsp3) is 0.375. The molecule has 0 bridgehead atoms. The van der Waals surface area contributed by atoms with Crippen molar-refractivity contribution < 1.29 is 13.5 Å². The van der Waals surface area contributed by atoms with Crippen molar-refractivity contribution in [2.24, 2.45) is 0 Å². The zero-order chi connectivity index (χ0) is 9.90. The average Bonchev–Trinajstić information content (AvgIpc) is 2.02. The van der Waals surface area contributed by atoms with Crippen molar-refractivity contribution in [2.45, 2.75) is 12.8 Å². The molecule has 72 valence electrons. The molecule has 5 heteroatoms. The zero-order valence-corrected chi connectivity index (χ0v) is 8.51. The summed E-state index contributed by atoms with van der Waals surface area (Å²) in [6, 6.07) is 3.20. The Kier molecular flexibility index (Phi) is 3.19. The maximum absolute atomic E-state index is 12.3. The molecule has 1 aromatic heterocycles. The minimum Gasteiger partial charge on any atom is -0.486 e. The third kappa shape index (κ3) is 4.17. The topological polar surface area (TPSA) is 22.1 Å². The molecule has 1 aromatic rings. The maximum Gasteiger partial charge on any atom is 0.278 e. The van der Waals surface area contributed by atoms with E-state index in [9.17, 15) is 8.78 Å². The highest BCUT2D eigenvalue weighted by Crippen LogP contribution is 2.17. The number of pyridine rings is 1. The summed E-state index contributed by atoms with van der Waals surface area (Å²) in [6.45, 7) is 0.176. The fourth-order valence-electron chi connectivity index (χ4n) is 0.658. The van der Waals surface area contributed by atoms with Gasteiger partial charge in [0.1, 0.15) is 10.4 Å². The van der Waals surface area contributed by atoms with Gasteiger partial charge in [-0.25, -0.2) is 13.8 Å². The van der Waals surface area contributed by atoms with Crippen molar-refractivity contribution in [3.8, 4) is 5.75 Å². The summed E-state index contributed by atoms with van der Waals surface area (Å²) in [5.74, 6) is -2.47. The molecule has 0 aliphatic carbocycles. The molecular weight excluding hydrogens is 244 g/mol. The number of hydrogen-bond acceptors (Lipinski definition) is 2. The standard InChI is InChI=1S/C8H8BrF2NO/c1-8(10,11)5-13-6-2-3-7(9)12-4-6/h2-4H,5H2,1H3. The van der Waals surface area contributed by atoms with E-state index in [4.69, 9.17) is 4.74 Å². The summed E-state index contributed by atoms with van der Waals surface area (Å²) < 4.78 is 30.1. The van der Waals surface area contributed by atoms with Gasteiger partial charge in [0.05, 0.1) is 6.20 Å². The number of alkyl halides is 2. The molecule has 0 aromatic carbocycles. The molecule has 13 heavy (non-hydrogen) atoms. The van der Waals surface area contributed by atoms with Crippen LogP contribution in [-0.4, -0.2) is 17.5 Å². The van der Waals surface area contributed by atoms with Gasteiger partial charge in [-0.05, 0) is 28.1 Å². The molecule has 0 aliphatic heterocycles. The molecule has 0 saturated carbocycles. The van der Waals surface area contributed by atoms with Crippen molar-refractivity contribution >= 4 is 15.9 Å². The first-order valence-electron chi connectivity index (χ1n) is 3.59. The molecule has 2 nitrogen and oxygen atoms in total. The van der Waals surface area contributed by atoms with Gasteiger partial charge in [-0.2, -0.15) is 0 Å². The summed E-state index contributed by atoms with van der Waals surface area (Å²) >= 11 is 3.12. The van der Waals surface area contributed by atoms with E-state index in [0.717, 1.165) is 6.92 Å². The van der Waals surface area contributed by atoms with E-state index >= 15 is 0 Å². The fourth-order valence-corrected chi connectivity index (χ4v) is 0.892. The van der Waals surface area contributed by atoms with E-state index in [0.29, 0.717) is 10.4 Å². The second-order valence-corrected chi connectivity index (χ2v) is 3.49. The maximum atomic E-state index is 12.3. The van der Waals surface area contributed by atoms with Crippen LogP contribution in [0.25, 0.3) is 0 Å². The van der Waals surface area contributed by atoms with Gasteiger partial charge in [-0.15, -0.1) is 0 Å². The highest BCUT2D eigenvalue weighted by Gasteiger charge is 2.21. The van der Waals surface area contributed by atoms with Crippen molar-refractivity contribution in [3.63, 3.8) is 0 Å². The lowest BCUT2D eigenvalue weighted by Gasteiger charge is -2.11. The van der Waals surface area contributed by atoms with Crippen LogP contribution >= 0.6 is 15.9 Å². The number of nitrogens with zero attached hydrogens (tertiary/aromatic N) is 1. The van der Waals surface area contributed by atoms with Crippen molar-refractivity contribution in [1.82, 2.24) is 4.98 Å². The summed E-state index contributed by atoms with van der Waals surface area (Å²) in [5, 5.41) is 0. The molecule has 1 heterocycles. The lowest BCUT2D eigenvalue weighted by Crippen LogP contribution is -2.20. The van der Waals surface area contributed by atoms with E-state index in [1.807, 2.05) is 0 Å². The highest BCUT2D eigenvalue weighted by atomic mass is 79.9. The van der Waals surface area contributed by atoms with Crippen molar-refractivity contribution in [1.29, 1.82) is 0 Å². The molecule has 0 atom stereocenters. The minimum atomic E-state index is -2.81. The van der Waals surface area contributed by atoms with Crippen LogP contribution in [0.5, 0.6) is 5.75 Å². The van der Waals surface area contributed by atoms with E-state index in [-0.39, 0.29) is 0 Å². The van der Waals surface area contributed by atoms with E-state index in [1.54, 1.807) is 12.1 Å². The van der Waals surface area contributed by atoms with Crippen LogP contribution in [0, 0.1) is 0 Å². The van der Waals surface area contributed by atoms with Gasteiger partial charge in [-0.1, -0.05) is 0 Å². The molecule has 0 N–H and O–H groups in total. The Labute approximate surface area is 83.1 Å². The van der Waals surface area contributed by atoms with E-state index < -0.39 is 12.5 Å². The Morgan fingerprint density at radius 2 is 2.23 bits per heavy atom. The van der Waals surface area contributed by atoms with Crippen LogP contribution in [0.3, 0.4) is 0 Å². The van der Waals surface area contributed by atoms with Crippen LogP contribution in [0.4, 0.5) is 8.78 Å². The minimum absolute atomic E-state index is 0.338. The number of ether oxygens (including phenoxy) is 1. The Morgan fingerprint density at radius 3 is 2.69 bits per heavy atom. The van der Waals surface area contributed by atoms with E-state index in [2.05, 4.69) is 20.9 Å². The summed E-state index contributed by atoms with van der Waals surface area (Å²) in [7, 11) is 0. The Bertz CT molecular complexity index is 270. The van der Waals surface area contributed by atoms with E-state index in [1.165, 1.54) is 6.20 Å². The third-order valence-electron chi connectivity index (χ3n) is 1.19. The average molecular weight is 252 g/mol. The SMILES string of the molecule is CC(F)(F)COc1ccc(Br)nc1. The van der Waals surface area contributed by atoms with Gasteiger partial charge in [0.2, 0.25) is 0 Å². The second kappa shape index (κ2) is 4.00. The second-order valence-electron chi connectivity index (χ2n) is 2.68.